The minimum Gasteiger partial charge on any atom is -0.397 e. The van der Waals surface area contributed by atoms with Crippen molar-refractivity contribution in [2.45, 2.75) is 0 Å². The maximum Gasteiger partial charge on any atom is 0.190 e. The van der Waals surface area contributed by atoms with Crippen LogP contribution in [0.5, 0.6) is 0 Å². The summed E-state index contributed by atoms with van der Waals surface area (Å²) < 4.78 is 0. The Labute approximate surface area is 128 Å². The van der Waals surface area contributed by atoms with E-state index in [9.17, 15) is 0 Å². The predicted molar refractivity (Wildman–Crippen MR) is 87.1 cm³/mol. The van der Waals surface area contributed by atoms with Crippen LogP contribution in [0.15, 0.2) is 53.5 Å². The SMILES string of the molecule is N#CC(C#N)C(=Nc1ccccc1N)Nc1ccccc1N. The first-order valence-corrected chi connectivity index (χ1v) is 6.49. The molecule has 0 aliphatic rings. The van der Waals surface area contributed by atoms with E-state index < -0.39 is 5.92 Å². The van der Waals surface area contributed by atoms with Gasteiger partial charge in [0.05, 0.1) is 34.9 Å². The molecule has 0 heterocycles. The minimum absolute atomic E-state index is 0.181. The fourth-order valence-electron chi connectivity index (χ4n) is 1.78. The third kappa shape index (κ3) is 3.33. The third-order valence-corrected chi connectivity index (χ3v) is 2.93. The number of nitrogens with two attached hydrogens (primary N) is 2. The molecule has 0 aliphatic heterocycles. The molecule has 0 fully saturated rings. The second-order valence-corrected chi connectivity index (χ2v) is 4.46. The fourth-order valence-corrected chi connectivity index (χ4v) is 1.78. The lowest BCUT2D eigenvalue weighted by Gasteiger charge is -2.12. The highest BCUT2D eigenvalue weighted by Crippen LogP contribution is 2.24. The van der Waals surface area contributed by atoms with Crippen molar-refractivity contribution in [2.75, 3.05) is 16.8 Å². The predicted octanol–water partition coefficient (Wildman–Crippen LogP) is 2.66. The molecule has 0 radical (unpaired) electrons. The summed E-state index contributed by atoms with van der Waals surface area (Å²) in [6.07, 6.45) is 0. The van der Waals surface area contributed by atoms with E-state index in [1.54, 1.807) is 48.5 Å². The Bertz CT molecular complexity index is 768. The zero-order chi connectivity index (χ0) is 15.9. The van der Waals surface area contributed by atoms with Crippen LogP contribution in [0.3, 0.4) is 0 Å². The number of nitrogens with one attached hydrogen (secondary N) is 1. The maximum absolute atomic E-state index is 9.14. The zero-order valence-corrected chi connectivity index (χ0v) is 11.7. The highest BCUT2D eigenvalue weighted by Gasteiger charge is 2.16. The van der Waals surface area contributed by atoms with Crippen LogP contribution in [0.1, 0.15) is 0 Å². The van der Waals surface area contributed by atoms with Crippen molar-refractivity contribution >= 4 is 28.6 Å². The molecule has 0 aromatic heterocycles. The number of rotatable bonds is 3. The normalized spacial score (nSPS) is 10.8. The van der Waals surface area contributed by atoms with E-state index >= 15 is 0 Å². The number of nitriles is 2. The van der Waals surface area contributed by atoms with Crippen LogP contribution in [0, 0.1) is 28.6 Å². The first-order valence-electron chi connectivity index (χ1n) is 6.49. The van der Waals surface area contributed by atoms with Gasteiger partial charge < -0.3 is 16.8 Å². The fraction of sp³-hybridized carbons (Fsp3) is 0.0625. The maximum atomic E-state index is 9.14. The summed E-state index contributed by atoms with van der Waals surface area (Å²) in [6.45, 7) is 0. The van der Waals surface area contributed by atoms with Crippen molar-refractivity contribution in [3.8, 4) is 12.1 Å². The number of amidine groups is 1. The molecule has 0 unspecified atom stereocenters. The molecule has 108 valence electrons. The summed E-state index contributed by atoms with van der Waals surface area (Å²) in [4.78, 5) is 4.32. The number of nitrogen functional groups attached to an aromatic ring is 2. The van der Waals surface area contributed by atoms with Crippen molar-refractivity contribution in [3.05, 3.63) is 48.5 Å². The van der Waals surface area contributed by atoms with E-state index in [2.05, 4.69) is 10.3 Å². The minimum atomic E-state index is -1.06. The largest absolute Gasteiger partial charge is 0.397 e. The van der Waals surface area contributed by atoms with Gasteiger partial charge in [-0.3, -0.25) is 0 Å². The molecule has 0 bridgehead atoms. The van der Waals surface area contributed by atoms with Crippen molar-refractivity contribution in [2.24, 2.45) is 10.9 Å². The summed E-state index contributed by atoms with van der Waals surface area (Å²) in [5.74, 6) is -0.875. The van der Waals surface area contributed by atoms with Crippen LogP contribution in [-0.2, 0) is 0 Å². The van der Waals surface area contributed by atoms with E-state index in [-0.39, 0.29) is 5.84 Å². The lowest BCUT2D eigenvalue weighted by Crippen LogP contribution is -2.21. The average molecular weight is 290 g/mol. The first kappa shape index (κ1) is 14.9. The van der Waals surface area contributed by atoms with Gasteiger partial charge in [0.15, 0.2) is 5.92 Å². The summed E-state index contributed by atoms with van der Waals surface area (Å²) in [5.41, 5.74) is 13.7. The van der Waals surface area contributed by atoms with Crippen LogP contribution < -0.4 is 16.8 Å². The number of para-hydroxylation sites is 4. The Morgan fingerprint density at radius 2 is 1.55 bits per heavy atom. The number of anilines is 3. The zero-order valence-electron chi connectivity index (χ0n) is 11.7. The van der Waals surface area contributed by atoms with Gasteiger partial charge in [-0.2, -0.15) is 10.5 Å². The van der Waals surface area contributed by atoms with Crippen molar-refractivity contribution < 1.29 is 0 Å². The van der Waals surface area contributed by atoms with Gasteiger partial charge >= 0.3 is 0 Å². The van der Waals surface area contributed by atoms with Gasteiger partial charge in [-0.15, -0.1) is 0 Å². The molecule has 2 aromatic rings. The average Bonchev–Trinajstić information content (AvgIpc) is 2.52. The number of benzene rings is 2. The topological polar surface area (TPSA) is 124 Å². The van der Waals surface area contributed by atoms with E-state index in [4.69, 9.17) is 22.0 Å². The lowest BCUT2D eigenvalue weighted by atomic mass is 10.1. The van der Waals surface area contributed by atoms with E-state index in [1.165, 1.54) is 0 Å². The molecular formula is C16H14N6. The van der Waals surface area contributed by atoms with Crippen molar-refractivity contribution in [1.29, 1.82) is 10.5 Å². The monoisotopic (exact) mass is 290 g/mol. The third-order valence-electron chi connectivity index (χ3n) is 2.93. The van der Waals surface area contributed by atoms with Gasteiger partial charge in [-0.1, -0.05) is 24.3 Å². The Morgan fingerprint density at radius 1 is 0.955 bits per heavy atom. The smallest absolute Gasteiger partial charge is 0.190 e. The lowest BCUT2D eigenvalue weighted by molar-refractivity contribution is 1.13. The quantitative estimate of drug-likeness (QED) is 0.455. The van der Waals surface area contributed by atoms with Gasteiger partial charge in [-0.25, -0.2) is 4.99 Å². The second kappa shape index (κ2) is 6.78. The van der Waals surface area contributed by atoms with Gasteiger partial charge in [-0.05, 0) is 24.3 Å². The molecule has 0 saturated heterocycles. The second-order valence-electron chi connectivity index (χ2n) is 4.46. The van der Waals surface area contributed by atoms with Crippen molar-refractivity contribution in [1.82, 2.24) is 0 Å². The summed E-state index contributed by atoms with van der Waals surface area (Å²) >= 11 is 0. The first-order chi connectivity index (χ1) is 10.7. The van der Waals surface area contributed by atoms with Crippen LogP contribution in [0.4, 0.5) is 22.7 Å². The number of hydrogen-bond acceptors (Lipinski definition) is 5. The van der Waals surface area contributed by atoms with Gasteiger partial charge in [0.2, 0.25) is 0 Å². The number of hydrogen-bond donors (Lipinski definition) is 3. The van der Waals surface area contributed by atoms with Crippen LogP contribution in [0.25, 0.3) is 0 Å². The van der Waals surface area contributed by atoms with Crippen LogP contribution in [-0.4, -0.2) is 5.84 Å². The summed E-state index contributed by atoms with van der Waals surface area (Å²) in [7, 11) is 0. The van der Waals surface area contributed by atoms with E-state index in [0.29, 0.717) is 22.7 Å². The Balaban J connectivity index is 2.45. The molecule has 0 atom stereocenters. The Hall–Kier alpha value is -3.51. The van der Waals surface area contributed by atoms with Crippen LogP contribution >= 0.6 is 0 Å². The molecule has 0 amide bonds. The molecule has 0 spiro atoms. The molecule has 0 saturated carbocycles. The van der Waals surface area contributed by atoms with Gasteiger partial charge in [0.1, 0.15) is 5.84 Å². The summed E-state index contributed by atoms with van der Waals surface area (Å²) in [6, 6.07) is 17.8. The molecule has 0 aliphatic carbocycles. The molecule has 2 rings (SSSR count). The number of aliphatic imine (C=N–C) groups is 1. The standard InChI is InChI=1S/C16H14N6/c17-9-11(10-18)16(21-14-7-3-1-5-12(14)19)22-15-8-4-2-6-13(15)20/h1-8,11H,19-20H2,(H,21,22). The van der Waals surface area contributed by atoms with Gasteiger partial charge in [0, 0.05) is 0 Å². The summed E-state index contributed by atoms with van der Waals surface area (Å²) in [5, 5.41) is 21.2. The molecule has 2 aromatic carbocycles. The highest BCUT2D eigenvalue weighted by molar-refractivity contribution is 6.03. The van der Waals surface area contributed by atoms with Gasteiger partial charge in [0.25, 0.3) is 0 Å². The van der Waals surface area contributed by atoms with E-state index in [1.807, 2.05) is 12.1 Å². The molecular weight excluding hydrogens is 276 g/mol. The van der Waals surface area contributed by atoms with Crippen LogP contribution in [0.2, 0.25) is 0 Å². The molecule has 5 N–H and O–H groups in total. The molecule has 6 nitrogen and oxygen atoms in total. The molecule has 6 heteroatoms. The molecule has 22 heavy (non-hydrogen) atoms. The van der Waals surface area contributed by atoms with Crippen molar-refractivity contribution in [3.63, 3.8) is 0 Å². The van der Waals surface area contributed by atoms with E-state index in [0.717, 1.165) is 0 Å². The highest BCUT2D eigenvalue weighted by atomic mass is 15.0. The Kier molecular flexibility index (Phi) is 4.59. The number of nitrogens with zero attached hydrogens (tertiary/aromatic N) is 3. The Morgan fingerprint density at radius 3 is 2.14 bits per heavy atom.